The summed E-state index contributed by atoms with van der Waals surface area (Å²) in [6.07, 6.45) is -0.132. The number of aromatic nitrogens is 1. The number of rotatable bonds is 7. The van der Waals surface area contributed by atoms with E-state index in [2.05, 4.69) is 9.11 Å². The molecule has 0 N–H and O–H groups in total. The van der Waals surface area contributed by atoms with Gasteiger partial charge in [0.1, 0.15) is 17.7 Å². The largest absolute Gasteiger partial charge is 0.487 e. The molecule has 2 aromatic rings. The molecule has 1 unspecified atom stereocenters. The second-order valence-electron chi connectivity index (χ2n) is 5.12. The average molecular weight is 473 g/mol. The van der Waals surface area contributed by atoms with E-state index in [9.17, 15) is 9.59 Å². The van der Waals surface area contributed by atoms with Crippen molar-refractivity contribution in [1.29, 1.82) is 0 Å². The van der Waals surface area contributed by atoms with Crippen molar-refractivity contribution in [3.63, 3.8) is 0 Å². The Morgan fingerprint density at radius 2 is 1.78 bits per heavy atom. The molecular weight excluding hydrogens is 460 g/mol. The molecule has 1 aromatic carbocycles. The lowest BCUT2D eigenvalue weighted by Crippen LogP contribution is -2.24. The molecule has 2 rings (SSSR count). The first-order chi connectivity index (χ1) is 12.8. The van der Waals surface area contributed by atoms with Gasteiger partial charge in [-0.05, 0) is 30.1 Å². The molecule has 0 aliphatic carbocycles. The molecule has 146 valence electrons. The summed E-state index contributed by atoms with van der Waals surface area (Å²) < 4.78 is 19.4. The van der Waals surface area contributed by atoms with Gasteiger partial charge < -0.3 is 14.2 Å². The van der Waals surface area contributed by atoms with E-state index in [0.717, 1.165) is 11.5 Å². The van der Waals surface area contributed by atoms with Crippen LogP contribution in [-0.2, 0) is 9.47 Å². The SMILES string of the molecule is CCC(COc1c(Cl)cc(C(=O)OC)cc1Cl)OC(=O)c1snc(Cl)c1Cl. The molecular formula is C16H13Cl4NO5S. The van der Waals surface area contributed by atoms with Crippen molar-refractivity contribution in [2.24, 2.45) is 0 Å². The highest BCUT2D eigenvalue weighted by Crippen LogP contribution is 2.35. The second-order valence-corrected chi connectivity index (χ2v) is 7.45. The third-order valence-electron chi connectivity index (χ3n) is 3.34. The van der Waals surface area contributed by atoms with Crippen LogP contribution in [0.4, 0.5) is 0 Å². The number of halogens is 4. The highest BCUT2D eigenvalue weighted by Gasteiger charge is 2.23. The van der Waals surface area contributed by atoms with Crippen molar-refractivity contribution in [3.05, 3.63) is 42.8 Å². The van der Waals surface area contributed by atoms with Crippen LogP contribution in [0.2, 0.25) is 20.2 Å². The molecule has 0 radical (unpaired) electrons. The first-order valence-electron chi connectivity index (χ1n) is 7.50. The van der Waals surface area contributed by atoms with Gasteiger partial charge in [-0.3, -0.25) is 0 Å². The van der Waals surface area contributed by atoms with E-state index in [1.165, 1.54) is 19.2 Å². The van der Waals surface area contributed by atoms with Gasteiger partial charge in [-0.2, -0.15) is 4.37 Å². The molecule has 0 bridgehead atoms. The molecule has 11 heteroatoms. The first kappa shape index (κ1) is 22.0. The molecule has 6 nitrogen and oxygen atoms in total. The Morgan fingerprint density at radius 1 is 1.15 bits per heavy atom. The normalized spacial score (nSPS) is 11.8. The van der Waals surface area contributed by atoms with Crippen molar-refractivity contribution >= 4 is 69.9 Å². The van der Waals surface area contributed by atoms with Crippen LogP contribution in [-0.4, -0.2) is 36.1 Å². The lowest BCUT2D eigenvalue weighted by molar-refractivity contribution is 0.0171. The highest BCUT2D eigenvalue weighted by atomic mass is 35.5. The topological polar surface area (TPSA) is 74.7 Å². The molecule has 0 fully saturated rings. The van der Waals surface area contributed by atoms with Crippen molar-refractivity contribution in [1.82, 2.24) is 4.37 Å². The molecule has 0 saturated carbocycles. The summed E-state index contributed by atoms with van der Waals surface area (Å²) in [4.78, 5) is 23.9. The number of carbonyl (C=O) groups is 2. The molecule has 0 amide bonds. The van der Waals surface area contributed by atoms with E-state index in [-0.39, 0.29) is 43.0 Å². The summed E-state index contributed by atoms with van der Waals surface area (Å²) in [7, 11) is 1.25. The Labute approximate surface area is 179 Å². The van der Waals surface area contributed by atoms with Crippen LogP contribution in [0.1, 0.15) is 33.4 Å². The number of ether oxygens (including phenoxy) is 3. The summed E-state index contributed by atoms with van der Waals surface area (Å²) in [5.74, 6) is -1.07. The molecule has 1 heterocycles. The van der Waals surface area contributed by atoms with Gasteiger partial charge in [0.25, 0.3) is 0 Å². The number of hydrogen-bond acceptors (Lipinski definition) is 7. The number of benzene rings is 1. The molecule has 1 atom stereocenters. The summed E-state index contributed by atoms with van der Waals surface area (Å²) in [5, 5.41) is 0.344. The van der Waals surface area contributed by atoms with E-state index in [0.29, 0.717) is 6.42 Å². The fourth-order valence-corrected chi connectivity index (χ4v) is 3.62. The second kappa shape index (κ2) is 9.80. The molecule has 0 aliphatic rings. The Bertz CT molecular complexity index is 834. The van der Waals surface area contributed by atoms with Crippen molar-refractivity contribution in [3.8, 4) is 5.75 Å². The van der Waals surface area contributed by atoms with E-state index in [1.54, 1.807) is 0 Å². The van der Waals surface area contributed by atoms with Crippen molar-refractivity contribution in [2.75, 3.05) is 13.7 Å². The third kappa shape index (κ3) is 5.39. The highest BCUT2D eigenvalue weighted by molar-refractivity contribution is 7.09. The molecule has 0 saturated heterocycles. The van der Waals surface area contributed by atoms with Crippen LogP contribution in [0.5, 0.6) is 5.75 Å². The number of methoxy groups -OCH3 is 1. The summed E-state index contributed by atoms with van der Waals surface area (Å²) >= 11 is 24.7. The van der Waals surface area contributed by atoms with Crippen molar-refractivity contribution < 1.29 is 23.8 Å². The maximum Gasteiger partial charge on any atom is 0.351 e. The fraction of sp³-hybridized carbons (Fsp3) is 0.312. The maximum atomic E-state index is 12.2. The standard InChI is InChI=1S/C16H13Cl4NO5S/c1-3-8(26-16(23)13-11(19)14(20)21-27-13)6-25-12-9(17)4-7(5-10(12)18)15(22)24-2/h4-5,8H,3,6H2,1-2H3. The summed E-state index contributed by atoms with van der Waals surface area (Å²) in [6.45, 7) is 1.80. The fourth-order valence-electron chi connectivity index (χ4n) is 1.94. The minimum atomic E-state index is -0.655. The monoisotopic (exact) mass is 471 g/mol. The lowest BCUT2D eigenvalue weighted by atomic mass is 10.2. The van der Waals surface area contributed by atoms with Gasteiger partial charge in [0.05, 0.1) is 22.7 Å². The summed E-state index contributed by atoms with van der Waals surface area (Å²) in [6, 6.07) is 2.75. The van der Waals surface area contributed by atoms with Gasteiger partial charge >= 0.3 is 11.9 Å². The minimum absolute atomic E-state index is 0.0105. The Balaban J connectivity index is 2.06. The van der Waals surface area contributed by atoms with Crippen LogP contribution in [0, 0.1) is 0 Å². The predicted octanol–water partition coefficient (Wildman–Crippen LogP) is 5.56. The van der Waals surface area contributed by atoms with Crippen LogP contribution in [0.15, 0.2) is 12.1 Å². The lowest BCUT2D eigenvalue weighted by Gasteiger charge is -2.18. The van der Waals surface area contributed by atoms with Gasteiger partial charge in [-0.25, -0.2) is 9.59 Å². The number of carbonyl (C=O) groups excluding carboxylic acids is 2. The van der Waals surface area contributed by atoms with Crippen LogP contribution < -0.4 is 4.74 Å². The average Bonchev–Trinajstić information content (AvgIpc) is 2.97. The molecule has 27 heavy (non-hydrogen) atoms. The number of nitrogens with zero attached hydrogens (tertiary/aromatic N) is 1. The molecule has 1 aromatic heterocycles. The van der Waals surface area contributed by atoms with Crippen LogP contribution in [0.3, 0.4) is 0 Å². The smallest absolute Gasteiger partial charge is 0.351 e. The van der Waals surface area contributed by atoms with Gasteiger partial charge in [-0.1, -0.05) is 53.3 Å². The zero-order valence-corrected chi connectivity index (χ0v) is 17.9. The zero-order chi connectivity index (χ0) is 20.1. The maximum absolute atomic E-state index is 12.2. The van der Waals surface area contributed by atoms with Crippen molar-refractivity contribution in [2.45, 2.75) is 19.4 Å². The van der Waals surface area contributed by atoms with E-state index >= 15 is 0 Å². The summed E-state index contributed by atoms with van der Waals surface area (Å²) in [5.41, 5.74) is 0.190. The quantitative estimate of drug-likeness (QED) is 0.491. The first-order valence-corrected chi connectivity index (χ1v) is 9.78. The minimum Gasteiger partial charge on any atom is -0.487 e. The Hall–Kier alpha value is -1.25. The molecule has 0 aliphatic heterocycles. The zero-order valence-electron chi connectivity index (χ0n) is 14.1. The Kier molecular flexibility index (Phi) is 8.00. The van der Waals surface area contributed by atoms with Gasteiger partial charge in [0.15, 0.2) is 15.8 Å². The number of hydrogen-bond donors (Lipinski definition) is 0. The van der Waals surface area contributed by atoms with E-state index < -0.39 is 18.0 Å². The van der Waals surface area contributed by atoms with Crippen LogP contribution >= 0.6 is 57.9 Å². The Morgan fingerprint density at radius 3 is 2.26 bits per heavy atom. The van der Waals surface area contributed by atoms with Gasteiger partial charge in [0, 0.05) is 0 Å². The van der Waals surface area contributed by atoms with Gasteiger partial charge in [0.2, 0.25) is 0 Å². The van der Waals surface area contributed by atoms with Crippen LogP contribution in [0.25, 0.3) is 0 Å². The van der Waals surface area contributed by atoms with E-state index in [1.807, 2.05) is 6.92 Å². The molecule has 0 spiro atoms. The predicted molar refractivity (Wildman–Crippen MR) is 105 cm³/mol. The van der Waals surface area contributed by atoms with Gasteiger partial charge in [-0.15, -0.1) is 0 Å². The third-order valence-corrected chi connectivity index (χ3v) is 5.68. The number of esters is 2. The van der Waals surface area contributed by atoms with E-state index in [4.69, 9.17) is 55.9 Å².